The highest BCUT2D eigenvalue weighted by atomic mass is 33.5. The molecule has 2 unspecified atom stereocenters. The molecular weight excluding hydrogens is 657 g/mol. The van der Waals surface area contributed by atoms with Crippen LogP contribution in [0.3, 0.4) is 0 Å². The molecule has 0 heterocycles. The summed E-state index contributed by atoms with van der Waals surface area (Å²) < 4.78 is 38.7. The van der Waals surface area contributed by atoms with Gasteiger partial charge in [0.1, 0.15) is 0 Å². The van der Waals surface area contributed by atoms with Crippen LogP contribution < -0.4 is 0 Å². The summed E-state index contributed by atoms with van der Waals surface area (Å²) in [6.07, 6.45) is 17.6. The predicted octanol–water partition coefficient (Wildman–Crippen LogP) is 12.1. The minimum atomic E-state index is -2.64. The van der Waals surface area contributed by atoms with Crippen LogP contribution >= 0.6 is 31.4 Å². The highest BCUT2D eigenvalue weighted by molar-refractivity contribution is 9.09. The molecule has 0 N–H and O–H groups in total. The Bertz CT molecular complexity index is 523. The van der Waals surface area contributed by atoms with Crippen molar-refractivity contribution in [1.82, 2.24) is 0 Å². The smallest absolute Gasteiger partial charge is 0.373 e. The van der Waals surface area contributed by atoms with Gasteiger partial charge < -0.3 is 26.6 Å². The summed E-state index contributed by atoms with van der Waals surface area (Å²) in [6, 6.07) is 1.85. The van der Waals surface area contributed by atoms with Crippen LogP contribution in [0, 0.1) is 0 Å². The lowest BCUT2D eigenvalue weighted by molar-refractivity contribution is 0.0550. The second kappa shape index (κ2) is 32.4. The van der Waals surface area contributed by atoms with E-state index in [-0.39, 0.29) is 0 Å². The van der Waals surface area contributed by atoms with Crippen molar-refractivity contribution in [1.29, 1.82) is 0 Å². The average Bonchev–Trinajstić information content (AvgIpc) is 3.02. The molecule has 0 saturated carbocycles. The fourth-order valence-electron chi connectivity index (χ4n) is 4.38. The van der Waals surface area contributed by atoms with Crippen molar-refractivity contribution in [3.8, 4) is 0 Å². The maximum atomic E-state index is 6.46. The van der Waals surface area contributed by atoms with Gasteiger partial charge in [-0.25, -0.2) is 0 Å². The van der Waals surface area contributed by atoms with Crippen molar-refractivity contribution < 1.29 is 26.6 Å². The molecule has 0 aliphatic heterocycles. The number of unbranched alkanes of at least 4 members (excludes halogenated alkanes) is 6. The van der Waals surface area contributed by atoms with Crippen LogP contribution in [0.15, 0.2) is 0 Å². The van der Waals surface area contributed by atoms with Crippen LogP contribution in [0.1, 0.15) is 158 Å². The van der Waals surface area contributed by atoms with Crippen molar-refractivity contribution in [3.05, 3.63) is 0 Å². The van der Waals surface area contributed by atoms with E-state index in [1.165, 1.54) is 0 Å². The Kier molecular flexibility index (Phi) is 33.3. The van der Waals surface area contributed by atoms with E-state index in [2.05, 4.69) is 55.4 Å². The maximum Gasteiger partial charge on any atom is 0.500 e. The van der Waals surface area contributed by atoms with Gasteiger partial charge in [-0.15, -0.1) is 0 Å². The first-order chi connectivity index (χ1) is 21.9. The third-order valence-electron chi connectivity index (χ3n) is 7.51. The van der Waals surface area contributed by atoms with Crippen LogP contribution in [0.4, 0.5) is 0 Å². The molecule has 0 rings (SSSR count). The standard InChI is InChI=1S/C34H74O6S3Si2/c1-9-15-25-35-44(36-26-16-10-2,37-27-17-11-3)31-21-23-33(7)41-43-42-34(8)24-22-32-45(38-28-18-12-4,39-29-19-13-5)40-30-20-14-6/h33-34H,9-32H2,1-8H3. The second-order valence-electron chi connectivity index (χ2n) is 12.2. The fraction of sp³-hybridized carbons (Fsp3) is 1.00. The van der Waals surface area contributed by atoms with E-state index in [1.54, 1.807) is 0 Å². The number of hydrogen-bond acceptors (Lipinski definition) is 9. The second-order valence-corrected chi connectivity index (χ2v) is 22.6. The first-order valence-corrected chi connectivity index (χ1v) is 26.2. The van der Waals surface area contributed by atoms with Gasteiger partial charge in [-0.1, -0.05) is 116 Å². The molecular formula is C34H74O6S3Si2. The molecule has 272 valence electrons. The SMILES string of the molecule is CCCCO[Si](CCCC(C)SSSC(C)CCC[Si](OCCCC)(OCCCC)OCCCC)(OCCCC)OCCCC. The number of hydrogen-bond donors (Lipinski definition) is 0. The zero-order valence-electron chi connectivity index (χ0n) is 30.8. The van der Waals surface area contributed by atoms with Gasteiger partial charge in [-0.3, -0.25) is 0 Å². The predicted molar refractivity (Wildman–Crippen MR) is 206 cm³/mol. The van der Waals surface area contributed by atoms with E-state index in [9.17, 15) is 0 Å². The molecule has 0 radical (unpaired) electrons. The van der Waals surface area contributed by atoms with Crippen molar-refractivity contribution in [3.63, 3.8) is 0 Å². The minimum Gasteiger partial charge on any atom is -0.373 e. The first kappa shape index (κ1) is 46.2. The molecule has 45 heavy (non-hydrogen) atoms. The van der Waals surface area contributed by atoms with Gasteiger partial charge in [-0.05, 0) is 74.0 Å². The molecule has 0 aromatic heterocycles. The Balaban J connectivity index is 4.79. The molecule has 11 heteroatoms. The summed E-state index contributed by atoms with van der Waals surface area (Å²) in [4.78, 5) is 0. The quantitative estimate of drug-likeness (QED) is 0.0356. The molecule has 0 aromatic carbocycles. The fourth-order valence-corrected chi connectivity index (χ4v) is 14.9. The Morgan fingerprint density at radius 1 is 0.400 bits per heavy atom. The van der Waals surface area contributed by atoms with E-state index < -0.39 is 17.6 Å². The van der Waals surface area contributed by atoms with Gasteiger partial charge >= 0.3 is 17.6 Å². The summed E-state index contributed by atoms with van der Waals surface area (Å²) >= 11 is 0. The zero-order chi connectivity index (χ0) is 33.5. The van der Waals surface area contributed by atoms with Gasteiger partial charge in [0, 0.05) is 62.2 Å². The topological polar surface area (TPSA) is 55.4 Å². The maximum absolute atomic E-state index is 6.46. The largest absolute Gasteiger partial charge is 0.500 e. The Labute approximate surface area is 294 Å². The van der Waals surface area contributed by atoms with Crippen LogP contribution in [-0.4, -0.2) is 67.8 Å². The van der Waals surface area contributed by atoms with E-state index in [4.69, 9.17) is 26.6 Å². The Morgan fingerprint density at radius 3 is 0.867 bits per heavy atom. The van der Waals surface area contributed by atoms with E-state index in [0.717, 1.165) is 154 Å². The van der Waals surface area contributed by atoms with Crippen LogP contribution in [0.25, 0.3) is 0 Å². The molecule has 0 aliphatic carbocycles. The van der Waals surface area contributed by atoms with Gasteiger partial charge in [0.05, 0.1) is 0 Å². The monoisotopic (exact) mass is 730 g/mol. The summed E-state index contributed by atoms with van der Waals surface area (Å²) in [5, 5.41) is 1.16. The summed E-state index contributed by atoms with van der Waals surface area (Å²) in [5.74, 6) is 0. The van der Waals surface area contributed by atoms with Crippen molar-refractivity contribution >= 4 is 49.0 Å². The lowest BCUT2D eigenvalue weighted by atomic mass is 10.3. The van der Waals surface area contributed by atoms with Gasteiger partial charge in [0.25, 0.3) is 0 Å². The van der Waals surface area contributed by atoms with Crippen molar-refractivity contribution in [2.24, 2.45) is 0 Å². The molecule has 2 atom stereocenters. The molecule has 0 bridgehead atoms. The summed E-state index contributed by atoms with van der Waals surface area (Å²) in [7, 11) is 0.698. The third-order valence-corrected chi connectivity index (χ3v) is 18.5. The molecule has 0 spiro atoms. The summed E-state index contributed by atoms with van der Waals surface area (Å²) in [6.45, 7) is 22.5. The van der Waals surface area contributed by atoms with E-state index in [1.807, 2.05) is 31.4 Å². The van der Waals surface area contributed by atoms with Crippen molar-refractivity contribution in [2.75, 3.05) is 39.6 Å². The highest BCUT2D eigenvalue weighted by Gasteiger charge is 2.41. The lowest BCUT2D eigenvalue weighted by Gasteiger charge is -2.30. The number of rotatable bonds is 36. The zero-order valence-corrected chi connectivity index (χ0v) is 35.2. The average molecular weight is 731 g/mol. The van der Waals surface area contributed by atoms with Crippen LogP contribution in [0.2, 0.25) is 12.1 Å². The molecule has 0 aliphatic rings. The molecule has 0 saturated heterocycles. The molecule has 0 fully saturated rings. The van der Waals surface area contributed by atoms with Gasteiger partial charge in [-0.2, -0.15) is 0 Å². The van der Waals surface area contributed by atoms with Gasteiger partial charge in [0.2, 0.25) is 0 Å². The molecule has 0 amide bonds. The van der Waals surface area contributed by atoms with E-state index in [0.29, 0.717) is 10.5 Å². The first-order valence-electron chi connectivity index (χ1n) is 18.7. The lowest BCUT2D eigenvalue weighted by Crippen LogP contribution is -2.46. The highest BCUT2D eigenvalue weighted by Crippen LogP contribution is 2.43. The molecule has 6 nitrogen and oxygen atoms in total. The Morgan fingerprint density at radius 2 is 0.644 bits per heavy atom. The van der Waals surface area contributed by atoms with E-state index >= 15 is 0 Å². The third kappa shape index (κ3) is 25.8. The van der Waals surface area contributed by atoms with Gasteiger partial charge in [0.15, 0.2) is 0 Å². The Hall–Kier alpha value is 1.24. The summed E-state index contributed by atoms with van der Waals surface area (Å²) in [5.41, 5.74) is 0. The normalized spacial score (nSPS) is 13.9. The minimum absolute atomic E-state index is 0.578. The van der Waals surface area contributed by atoms with Crippen LogP contribution in [-0.2, 0) is 26.6 Å². The van der Waals surface area contributed by atoms with Crippen LogP contribution in [0.5, 0.6) is 0 Å². The molecule has 0 aromatic rings. The van der Waals surface area contributed by atoms with Crippen molar-refractivity contribution in [2.45, 2.75) is 181 Å².